The number of alkyl halides is 18. The second kappa shape index (κ2) is 42.1. The van der Waals surface area contributed by atoms with E-state index in [-0.39, 0.29) is 51.9 Å². The largest absolute Gasteiger partial charge is 0.498 e. The summed E-state index contributed by atoms with van der Waals surface area (Å²) in [5.41, 5.74) is 2.77. The van der Waals surface area contributed by atoms with E-state index in [1.54, 1.807) is 128 Å². The van der Waals surface area contributed by atoms with Crippen molar-refractivity contribution in [2.75, 3.05) is 10.2 Å². The molecule has 0 radical (unpaired) electrons. The van der Waals surface area contributed by atoms with Crippen LogP contribution in [-0.2, 0) is 73.2 Å². The Bertz CT molecular complexity index is 6630. The molecule has 1 aliphatic rings. The molecule has 1 amide bonds. The van der Waals surface area contributed by atoms with Crippen LogP contribution in [0.4, 0.5) is 83.3 Å². The van der Waals surface area contributed by atoms with Crippen LogP contribution in [0.5, 0.6) is 0 Å². The van der Waals surface area contributed by atoms with E-state index in [1.165, 1.54) is 98.0 Å². The van der Waals surface area contributed by atoms with Gasteiger partial charge in [-0.2, -0.15) is 91.3 Å². The van der Waals surface area contributed by atoms with Gasteiger partial charge in [-0.3, -0.25) is 33.0 Å². The van der Waals surface area contributed by atoms with Gasteiger partial charge in [0.05, 0.1) is 80.8 Å². The van der Waals surface area contributed by atoms with Crippen LogP contribution in [0.3, 0.4) is 0 Å². The number of fused-ring (bicyclic) bond motifs is 3. The third kappa shape index (κ3) is 25.3. The van der Waals surface area contributed by atoms with Crippen LogP contribution in [0, 0.1) is 13.1 Å². The Hall–Kier alpha value is -13.0. The maximum Gasteiger partial charge on any atom is 0.498 e. The Kier molecular flexibility index (Phi) is 32.6. The van der Waals surface area contributed by atoms with Gasteiger partial charge in [0.15, 0.2) is 0 Å². The number of imidazole rings is 3. The summed E-state index contributed by atoms with van der Waals surface area (Å²) in [6.45, 7) is 24.1. The van der Waals surface area contributed by atoms with Gasteiger partial charge in [0.2, 0.25) is 17.7 Å². The summed E-state index contributed by atoms with van der Waals surface area (Å²) in [7, 11) is 6.31. The molecule has 0 unspecified atom stereocenters. The Labute approximate surface area is 762 Å². The number of aromatic amines is 1. The summed E-state index contributed by atoms with van der Waals surface area (Å²) in [6.07, 6.45) is -3.85. The molecule has 0 bridgehead atoms. The van der Waals surface area contributed by atoms with Crippen LogP contribution < -0.4 is 10.8 Å². The first-order valence-electron chi connectivity index (χ1n) is 37.1. The van der Waals surface area contributed by atoms with Crippen LogP contribution in [-0.4, -0.2) is 137 Å². The Morgan fingerprint density at radius 3 is 1.24 bits per heavy atom. The molecule has 16 aromatic rings. The molecule has 1 aliphatic heterocycles. The molecule has 17 rings (SSSR count). The number of pyridine rings is 8. The third-order valence-electron chi connectivity index (χ3n) is 18.2. The van der Waals surface area contributed by atoms with Gasteiger partial charge in [0, 0.05) is 105 Å². The summed E-state index contributed by atoms with van der Waals surface area (Å²) >= 11 is 15.5. The molecule has 2 N–H and O–H groups in total. The van der Waals surface area contributed by atoms with E-state index in [2.05, 4.69) is 124 Å². The van der Waals surface area contributed by atoms with Gasteiger partial charge in [-0.05, 0) is 146 Å². The molecule has 0 saturated carbocycles. The zero-order valence-electron chi connectivity index (χ0n) is 68.6. The molecule has 1 saturated heterocycles. The molecule has 130 heavy (non-hydrogen) atoms. The van der Waals surface area contributed by atoms with Crippen molar-refractivity contribution in [3.8, 4) is 79.2 Å². The van der Waals surface area contributed by atoms with Crippen LogP contribution in [0.2, 0.25) is 0 Å². The Morgan fingerprint density at radius 2 is 0.846 bits per heavy atom. The predicted molar refractivity (Wildman–Crippen MR) is 470 cm³/mol. The number of aromatic nitrogens is 21. The normalized spacial score (nSPS) is 12.7. The highest BCUT2D eigenvalue weighted by molar-refractivity contribution is 14.1. The molecule has 0 spiro atoms. The number of carbonyl (C=O) groups is 1. The number of hydrogen-bond acceptors (Lipinski definition) is 16. The minimum atomic E-state index is -4.55. The average Bonchev–Trinajstić information content (AvgIpc) is 1.61. The number of nitrogens with zero attached hydrogens (tertiary/aromatic N) is 22. The molecular formula is C83H72BBrCl2F15IN24O3. The molecule has 27 nitrogen and oxygen atoms in total. The lowest BCUT2D eigenvalue weighted by Crippen LogP contribution is -2.41. The number of halogens is 19. The number of anilines is 1. The van der Waals surface area contributed by atoms with Crippen LogP contribution in [0.1, 0.15) is 70.5 Å². The number of carbonyl (C=O) groups excluding carboxylic acids is 1. The van der Waals surface area contributed by atoms with Gasteiger partial charge >= 0.3 is 38.0 Å². The van der Waals surface area contributed by atoms with E-state index < -0.39 is 66.5 Å². The van der Waals surface area contributed by atoms with Gasteiger partial charge in [-0.1, -0.05) is 79.6 Å². The summed E-state index contributed by atoms with van der Waals surface area (Å²) in [6, 6.07) is 32.6. The Morgan fingerprint density at radius 1 is 0.477 bits per heavy atom. The molecule has 0 aliphatic carbocycles. The molecular weight excluding hydrogens is 1950 g/mol. The standard InChI is InChI=1S/C18H13F3N6O.C18H11F3N6.C14H16BN3O2.C10H7BrF3N3.C10H8F3N3.C9H6F3N3.C2H4Cl2.CH3I.CH4/c1-26-9-12(11-5-6-15-22-7-16(23-10-28)27(15)8-11)17(25-26)13-3-2-4-14(24-13)18(19,20)21;1-22-16-8-23-15-7-6-11(9-27(15)16)12-10-26(2)25-17(12)13-4-3-5-14(24-13)18(19,20)21;1-13(2)14(3,4)20-15(19-13)10-6-7-11-17-8-12(16-5)18(11)9-10;1-17-5-6(11)9(16-17)7-3-2-4-8(15-7)10(12,13)14;1-16-6-5-8(15-16)7-3-2-4-9(14-7)10(11,12)13;10-9(11,12)8-3-1-2-6(14-8)7-4-5-13-15-7;1-2(3)4;1-2;/h2-10H,1H3,(H,23,28);3-10H,2H3;6-9H,1-4H3;2-5H,1H3;2-6H,1H3;1-5H,(H,13,15);2H,1H3;1H3;1H4. The van der Waals surface area contributed by atoms with Crippen LogP contribution >= 0.6 is 61.7 Å². The lowest BCUT2D eigenvalue weighted by Gasteiger charge is -2.32. The second-order valence-electron chi connectivity index (χ2n) is 28.0. The predicted octanol–water partition coefficient (Wildman–Crippen LogP) is 21.7. The molecule has 47 heteroatoms. The number of H-pyrrole nitrogens is 1. The van der Waals surface area contributed by atoms with Gasteiger partial charge in [0.1, 0.15) is 67.5 Å². The first-order valence-corrected chi connectivity index (χ1v) is 40.9. The van der Waals surface area contributed by atoms with Crippen molar-refractivity contribution in [3.63, 3.8) is 0 Å². The van der Waals surface area contributed by atoms with Crippen molar-refractivity contribution in [2.45, 2.75) is 89.0 Å². The molecule has 17 heterocycles. The SMILES string of the molecule is C.CC(Cl)Cl.CI.Cn1cc(-c2ccc3ncc(NC=O)n3c2)c(-c2cccc(C(F)(F)F)n2)n1.Cn1cc(Br)c(-c2cccc(C(F)(F)F)n2)n1.Cn1ccc(-c2cccc(C(F)(F)F)n2)n1.FC(F)(F)c1cccc(-c2ccn[nH]2)n1.[C-]#[N+]c1cnc2ccc(-c3cn(C)nc3-c3cccc(C(F)(F)F)n3)cn12.[C-]#[N+]c1cnc2ccc(B3OC(C)(C)C(C)(C)O3)cn12. The van der Waals surface area contributed by atoms with Crippen molar-refractivity contribution in [3.05, 3.63) is 263 Å². The molecule has 0 aromatic carbocycles. The third-order valence-corrected chi connectivity index (χ3v) is 18.8. The van der Waals surface area contributed by atoms with E-state index in [9.17, 15) is 70.7 Å². The minimum Gasteiger partial charge on any atom is -0.399 e. The Balaban J connectivity index is 0.000000176. The lowest BCUT2D eigenvalue weighted by atomic mass is 9.80. The monoisotopic (exact) mass is 2020 g/mol. The second-order valence-corrected chi connectivity index (χ2v) is 30.3. The summed E-state index contributed by atoms with van der Waals surface area (Å²) in [5, 5.41) is 25.4. The lowest BCUT2D eigenvalue weighted by molar-refractivity contribution is -0.141. The fourth-order valence-electron chi connectivity index (χ4n) is 11.7. The summed E-state index contributed by atoms with van der Waals surface area (Å²) in [5.74, 6) is 1.29. The average molecular weight is 2030 g/mol. The fourth-order valence-corrected chi connectivity index (χ4v) is 12.3. The maximum absolute atomic E-state index is 13.0. The van der Waals surface area contributed by atoms with Crippen molar-refractivity contribution in [1.82, 2.24) is 102 Å². The molecule has 0 atom stereocenters. The quantitative estimate of drug-likeness (QED) is 0.0322. The molecule has 678 valence electrons. The molecule has 1 fully saturated rings. The highest BCUT2D eigenvalue weighted by Crippen LogP contribution is 2.40. The number of rotatable bonds is 10. The number of hydrogen-bond donors (Lipinski definition) is 2. The van der Waals surface area contributed by atoms with E-state index in [0.717, 1.165) is 41.4 Å². The van der Waals surface area contributed by atoms with Crippen molar-refractivity contribution < 1.29 is 80.0 Å². The van der Waals surface area contributed by atoms with Gasteiger partial charge in [-0.15, -0.1) is 23.2 Å². The van der Waals surface area contributed by atoms with E-state index >= 15 is 0 Å². The fraction of sp³-hybridized carbons (Fsp3) is 0.229. The van der Waals surface area contributed by atoms with Crippen molar-refractivity contribution in [2.24, 2.45) is 28.2 Å². The summed E-state index contributed by atoms with van der Waals surface area (Å²) in [4.78, 5) is 49.9. The number of amides is 1. The van der Waals surface area contributed by atoms with E-state index in [1.807, 2.05) is 51.0 Å². The van der Waals surface area contributed by atoms with Crippen LogP contribution in [0.25, 0.3) is 106 Å². The smallest absolute Gasteiger partial charge is 0.399 e. The van der Waals surface area contributed by atoms with Gasteiger partial charge in [-0.25, -0.2) is 48.7 Å². The van der Waals surface area contributed by atoms with Crippen molar-refractivity contribution >= 4 is 115 Å². The molecule has 16 aromatic heterocycles. The zero-order valence-corrected chi connectivity index (χ0v) is 73.9. The van der Waals surface area contributed by atoms with Gasteiger partial charge < -0.3 is 24.3 Å². The van der Waals surface area contributed by atoms with E-state index in [4.69, 9.17) is 45.7 Å². The first kappa shape index (κ1) is 101. The van der Waals surface area contributed by atoms with Crippen LogP contribution in [0.15, 0.2) is 212 Å². The minimum absolute atomic E-state index is 0. The topological polar surface area (TPSA) is 273 Å². The number of aryl methyl sites for hydroxylation is 4. The maximum atomic E-state index is 13.0. The highest BCUT2D eigenvalue weighted by atomic mass is 127. The number of nitrogens with one attached hydrogen (secondary N) is 2. The van der Waals surface area contributed by atoms with E-state index in [0.29, 0.717) is 90.4 Å². The first-order chi connectivity index (χ1) is 60.7. The highest BCUT2D eigenvalue weighted by Gasteiger charge is 2.52. The zero-order chi connectivity index (χ0) is 94.5. The van der Waals surface area contributed by atoms with Crippen molar-refractivity contribution in [1.29, 1.82) is 0 Å². The summed E-state index contributed by atoms with van der Waals surface area (Å²) < 4.78 is 213. The van der Waals surface area contributed by atoms with Gasteiger partial charge in [0.25, 0.3) is 11.6 Å².